The van der Waals surface area contributed by atoms with E-state index in [1.54, 1.807) is 27.8 Å². The van der Waals surface area contributed by atoms with Crippen LogP contribution in [0, 0.1) is 0 Å². The number of aliphatic carboxylic acids is 2. The molecule has 1 aromatic heterocycles. The first-order valence-electron chi connectivity index (χ1n) is 8.50. The first-order chi connectivity index (χ1) is 12.8. The Kier molecular flexibility index (Phi) is 5.52. The number of amides is 1. The number of hydrogen-bond acceptors (Lipinski definition) is 4. The molecular formula is C18H20BrN3O5. The van der Waals surface area contributed by atoms with Crippen LogP contribution in [0.4, 0.5) is 0 Å². The molecule has 1 saturated heterocycles. The van der Waals surface area contributed by atoms with Gasteiger partial charge in [0.05, 0.1) is 0 Å². The number of nitrogens with zero attached hydrogens (tertiary/aromatic N) is 3. The zero-order valence-corrected chi connectivity index (χ0v) is 16.3. The van der Waals surface area contributed by atoms with Crippen molar-refractivity contribution in [2.24, 2.45) is 0 Å². The summed E-state index contributed by atoms with van der Waals surface area (Å²) in [6.07, 6.45) is 1.61. The Labute approximate surface area is 164 Å². The zero-order chi connectivity index (χ0) is 19.7. The van der Waals surface area contributed by atoms with Crippen LogP contribution in [-0.2, 0) is 20.9 Å². The molecule has 8 nitrogen and oxygen atoms in total. The first-order valence-corrected chi connectivity index (χ1v) is 9.29. The van der Waals surface area contributed by atoms with Crippen LogP contribution in [-0.4, -0.2) is 68.6 Å². The predicted octanol–water partition coefficient (Wildman–Crippen LogP) is 1.78. The molecule has 1 atom stereocenters. The molecule has 0 radical (unpaired) electrons. The Bertz CT molecular complexity index is 902. The maximum Gasteiger partial charge on any atom is 0.325 e. The molecule has 1 fully saturated rings. The number of fused-ring (bicyclic) bond motifs is 1. The van der Waals surface area contributed by atoms with Gasteiger partial charge in [0.1, 0.15) is 12.6 Å². The van der Waals surface area contributed by atoms with E-state index in [1.165, 1.54) is 6.92 Å². The van der Waals surface area contributed by atoms with Crippen LogP contribution < -0.4 is 0 Å². The summed E-state index contributed by atoms with van der Waals surface area (Å²) < 4.78 is 2.34. The number of carbonyl (C=O) groups is 3. The molecule has 0 saturated carbocycles. The minimum Gasteiger partial charge on any atom is -0.480 e. The molecule has 0 aliphatic carbocycles. The number of carboxylic acid groups (broad SMARTS) is 2. The highest BCUT2D eigenvalue weighted by molar-refractivity contribution is 9.10. The lowest BCUT2D eigenvalue weighted by Gasteiger charge is -2.37. The Morgan fingerprint density at radius 1 is 1.15 bits per heavy atom. The third kappa shape index (κ3) is 3.98. The summed E-state index contributed by atoms with van der Waals surface area (Å²) in [6, 6.07) is 4.47. The molecular weight excluding hydrogens is 418 g/mol. The summed E-state index contributed by atoms with van der Waals surface area (Å²) in [5.41, 5.74) is 1.22. The highest BCUT2D eigenvalue weighted by Gasteiger charge is 2.33. The summed E-state index contributed by atoms with van der Waals surface area (Å²) in [5.74, 6) is -2.02. The number of piperazine rings is 1. The third-order valence-corrected chi connectivity index (χ3v) is 5.33. The van der Waals surface area contributed by atoms with Crippen LogP contribution in [0.2, 0.25) is 0 Å². The first kappa shape index (κ1) is 19.4. The van der Waals surface area contributed by atoms with E-state index in [1.807, 2.05) is 11.0 Å². The smallest absolute Gasteiger partial charge is 0.325 e. The molecule has 0 bridgehead atoms. The monoisotopic (exact) mass is 437 g/mol. The second kappa shape index (κ2) is 7.69. The van der Waals surface area contributed by atoms with E-state index < -0.39 is 18.0 Å². The van der Waals surface area contributed by atoms with Gasteiger partial charge in [-0.05, 0) is 18.2 Å². The summed E-state index contributed by atoms with van der Waals surface area (Å²) >= 11 is 3.40. The molecule has 3 rings (SSSR count). The van der Waals surface area contributed by atoms with Crippen molar-refractivity contribution in [2.45, 2.75) is 19.5 Å². The Morgan fingerprint density at radius 3 is 2.37 bits per heavy atom. The van der Waals surface area contributed by atoms with Gasteiger partial charge in [0.25, 0.3) is 0 Å². The van der Waals surface area contributed by atoms with Crippen molar-refractivity contribution < 1.29 is 24.6 Å². The van der Waals surface area contributed by atoms with Crippen molar-refractivity contribution in [3.8, 4) is 0 Å². The minimum absolute atomic E-state index is 0.0245. The maximum absolute atomic E-state index is 12.1. The molecule has 0 spiro atoms. The molecule has 0 unspecified atom stereocenters. The van der Waals surface area contributed by atoms with Crippen LogP contribution in [0.1, 0.15) is 18.5 Å². The lowest BCUT2D eigenvalue weighted by atomic mass is 10.0. The minimum atomic E-state index is -0.999. The molecule has 1 aromatic carbocycles. The molecule has 27 heavy (non-hydrogen) atoms. The largest absolute Gasteiger partial charge is 0.480 e. The van der Waals surface area contributed by atoms with Crippen LogP contribution in [0.25, 0.3) is 10.9 Å². The van der Waals surface area contributed by atoms with Crippen molar-refractivity contribution >= 4 is 44.7 Å². The van der Waals surface area contributed by atoms with E-state index in [0.717, 1.165) is 4.47 Å². The molecule has 1 aliphatic heterocycles. The van der Waals surface area contributed by atoms with Gasteiger partial charge in [-0.3, -0.25) is 19.3 Å². The van der Waals surface area contributed by atoms with Gasteiger partial charge in [0.2, 0.25) is 5.91 Å². The number of carboxylic acids is 2. The second-order valence-corrected chi connectivity index (χ2v) is 7.47. The number of benzene rings is 1. The topological polar surface area (TPSA) is 103 Å². The molecule has 2 aromatic rings. The van der Waals surface area contributed by atoms with E-state index >= 15 is 0 Å². The number of halogens is 1. The van der Waals surface area contributed by atoms with E-state index in [0.29, 0.717) is 42.6 Å². The fourth-order valence-corrected chi connectivity index (χ4v) is 3.93. The van der Waals surface area contributed by atoms with Crippen molar-refractivity contribution in [1.29, 1.82) is 0 Å². The van der Waals surface area contributed by atoms with Gasteiger partial charge < -0.3 is 19.7 Å². The average molecular weight is 438 g/mol. The lowest BCUT2D eigenvalue weighted by molar-refractivity contribution is -0.145. The van der Waals surface area contributed by atoms with E-state index in [2.05, 4.69) is 15.9 Å². The predicted molar refractivity (Wildman–Crippen MR) is 101 cm³/mol. The maximum atomic E-state index is 12.1. The van der Waals surface area contributed by atoms with Gasteiger partial charge in [0.15, 0.2) is 0 Å². The van der Waals surface area contributed by atoms with Crippen LogP contribution in [0.15, 0.2) is 28.9 Å². The van der Waals surface area contributed by atoms with Gasteiger partial charge in [-0.1, -0.05) is 15.9 Å². The van der Waals surface area contributed by atoms with Crippen molar-refractivity contribution in [3.05, 3.63) is 34.4 Å². The van der Waals surface area contributed by atoms with Crippen molar-refractivity contribution in [3.63, 3.8) is 0 Å². The van der Waals surface area contributed by atoms with Gasteiger partial charge >= 0.3 is 11.9 Å². The number of aromatic nitrogens is 1. The summed E-state index contributed by atoms with van der Waals surface area (Å²) in [6.45, 7) is 3.07. The Morgan fingerprint density at radius 2 is 1.81 bits per heavy atom. The quantitative estimate of drug-likeness (QED) is 0.738. The second-order valence-electron chi connectivity index (χ2n) is 6.55. The number of rotatable bonds is 5. The number of carbonyl (C=O) groups excluding carboxylic acids is 1. The molecule has 2 N–H and O–H groups in total. The zero-order valence-electron chi connectivity index (χ0n) is 14.8. The van der Waals surface area contributed by atoms with Gasteiger partial charge in [-0.15, -0.1) is 0 Å². The number of hydrogen-bond donors (Lipinski definition) is 2. The molecule has 1 aliphatic rings. The summed E-state index contributed by atoms with van der Waals surface area (Å²) in [5, 5.41) is 19.8. The van der Waals surface area contributed by atoms with Crippen LogP contribution >= 0.6 is 15.9 Å². The fraction of sp³-hybridized carbons (Fsp3) is 0.389. The molecule has 9 heteroatoms. The average Bonchev–Trinajstić information content (AvgIpc) is 2.92. The fourth-order valence-electron chi connectivity index (χ4n) is 3.57. The Balaban J connectivity index is 2.02. The Hall–Kier alpha value is -2.39. The van der Waals surface area contributed by atoms with Crippen molar-refractivity contribution in [2.75, 3.05) is 26.2 Å². The van der Waals surface area contributed by atoms with Crippen LogP contribution in [0.3, 0.4) is 0 Å². The van der Waals surface area contributed by atoms with Crippen LogP contribution in [0.5, 0.6) is 0 Å². The van der Waals surface area contributed by atoms with Gasteiger partial charge in [0, 0.05) is 60.2 Å². The van der Waals surface area contributed by atoms with E-state index in [4.69, 9.17) is 0 Å². The molecule has 144 valence electrons. The van der Waals surface area contributed by atoms with Gasteiger partial charge in [-0.2, -0.15) is 0 Å². The SMILES string of the molecule is CC(=O)N1CCN([C@H](C(=O)O)c2cn(CC(=O)O)c3ccc(Br)cc23)CC1. The lowest BCUT2D eigenvalue weighted by Crippen LogP contribution is -2.50. The van der Waals surface area contributed by atoms with E-state index in [-0.39, 0.29) is 12.5 Å². The summed E-state index contributed by atoms with van der Waals surface area (Å²) in [7, 11) is 0. The van der Waals surface area contributed by atoms with Crippen molar-refractivity contribution in [1.82, 2.24) is 14.4 Å². The normalized spacial score (nSPS) is 16.4. The highest BCUT2D eigenvalue weighted by Crippen LogP contribution is 2.33. The standard InChI is InChI=1S/C18H20BrN3O5/c1-11(23)20-4-6-21(7-5-20)17(18(26)27)14-9-22(10-16(24)25)15-3-2-12(19)8-13(14)15/h2-3,8-9,17H,4-7,10H2,1H3,(H,24,25)(H,26,27)/t17-/m0/s1. The highest BCUT2D eigenvalue weighted by atomic mass is 79.9. The molecule has 1 amide bonds. The summed E-state index contributed by atoms with van der Waals surface area (Å²) in [4.78, 5) is 38.4. The third-order valence-electron chi connectivity index (χ3n) is 4.83. The van der Waals surface area contributed by atoms with Gasteiger partial charge in [-0.25, -0.2) is 0 Å². The molecule has 2 heterocycles. The van der Waals surface area contributed by atoms with E-state index in [9.17, 15) is 24.6 Å².